The van der Waals surface area contributed by atoms with E-state index in [-0.39, 0.29) is 22.4 Å². The van der Waals surface area contributed by atoms with Crippen molar-refractivity contribution in [2.45, 2.75) is 6.92 Å². The van der Waals surface area contributed by atoms with Gasteiger partial charge < -0.3 is 15.2 Å². The number of hydrogen-bond acceptors (Lipinski definition) is 4. The quantitative estimate of drug-likeness (QED) is 0.436. The Morgan fingerprint density at radius 3 is 2.91 bits per heavy atom. The third-order valence-electron chi connectivity index (χ3n) is 3.05. The summed E-state index contributed by atoms with van der Waals surface area (Å²) in [5.74, 6) is -0.0896. The third kappa shape index (κ3) is 3.52. The molecule has 1 heterocycles. The Hall–Kier alpha value is -1.57. The number of carbonyl (C=O) groups is 1. The molecule has 0 atom stereocenters. The first-order chi connectivity index (χ1) is 10.9. The molecule has 0 radical (unpaired) electrons. The molecule has 0 spiro atoms. The van der Waals surface area contributed by atoms with E-state index in [1.54, 1.807) is 25.1 Å². The number of halogens is 2. The highest BCUT2D eigenvalue weighted by Crippen LogP contribution is 2.42. The highest BCUT2D eigenvalue weighted by molar-refractivity contribution is 9.10. The molecule has 0 bridgehead atoms. The third-order valence-corrected chi connectivity index (χ3v) is 4.78. The fourth-order valence-corrected chi connectivity index (χ4v) is 2.89. The largest absolute Gasteiger partial charge is 0.503 e. The number of nitrogens with zero attached hydrogens (tertiary/aromatic N) is 1. The summed E-state index contributed by atoms with van der Waals surface area (Å²) in [6.45, 7) is 6.10. The van der Waals surface area contributed by atoms with Crippen LogP contribution in [0.25, 0.3) is 6.08 Å². The molecule has 1 aromatic rings. The highest BCUT2D eigenvalue weighted by atomic mass is 79.9. The maximum Gasteiger partial charge on any atom is 0.276 e. The first-order valence-corrected chi connectivity index (χ1v) is 8.27. The van der Waals surface area contributed by atoms with Crippen LogP contribution < -0.4 is 10.1 Å². The average molecular weight is 418 g/mol. The normalized spacial score (nSPS) is 16.0. The van der Waals surface area contributed by atoms with Gasteiger partial charge in [0.25, 0.3) is 5.91 Å². The lowest BCUT2D eigenvalue weighted by atomic mass is 10.1. The van der Waals surface area contributed by atoms with Gasteiger partial charge in [-0.2, -0.15) is 0 Å². The Morgan fingerprint density at radius 1 is 1.61 bits per heavy atom. The predicted octanol–water partition coefficient (Wildman–Crippen LogP) is 3.45. The van der Waals surface area contributed by atoms with Crippen molar-refractivity contribution < 1.29 is 14.6 Å². The minimum absolute atomic E-state index is 0.0893. The summed E-state index contributed by atoms with van der Waals surface area (Å²) in [6, 6.07) is 1.56. The minimum atomic E-state index is -0.270. The molecule has 1 amide bonds. The Morgan fingerprint density at radius 2 is 2.30 bits per heavy atom. The van der Waals surface area contributed by atoms with E-state index >= 15 is 0 Å². The van der Waals surface area contributed by atoms with E-state index in [0.717, 1.165) is 0 Å². The van der Waals surface area contributed by atoms with Crippen molar-refractivity contribution in [2.24, 2.45) is 0 Å². The van der Waals surface area contributed by atoms with E-state index < -0.39 is 0 Å². The molecule has 5 nitrogen and oxygen atoms in total. The number of ether oxygens (including phenoxy) is 1. The number of phenols is 1. The summed E-state index contributed by atoms with van der Waals surface area (Å²) in [5, 5.41) is 13.4. The summed E-state index contributed by atoms with van der Waals surface area (Å²) in [6.07, 6.45) is 3.15. The summed E-state index contributed by atoms with van der Waals surface area (Å²) >= 11 is 14.6. The van der Waals surface area contributed by atoms with Gasteiger partial charge in [0, 0.05) is 12.1 Å². The summed E-state index contributed by atoms with van der Waals surface area (Å²) in [5.41, 5.74) is 0.803. The van der Waals surface area contributed by atoms with E-state index in [1.165, 1.54) is 4.90 Å². The van der Waals surface area contributed by atoms with Crippen molar-refractivity contribution in [1.82, 2.24) is 10.2 Å². The number of hydrogen-bond donors (Lipinski definition) is 2. The molecule has 0 saturated carbocycles. The van der Waals surface area contributed by atoms with Crippen molar-refractivity contribution >= 4 is 56.8 Å². The second-order valence-electron chi connectivity index (χ2n) is 4.57. The molecule has 23 heavy (non-hydrogen) atoms. The van der Waals surface area contributed by atoms with E-state index in [9.17, 15) is 9.90 Å². The Balaban J connectivity index is 2.45. The van der Waals surface area contributed by atoms with Gasteiger partial charge in [0.05, 0.1) is 16.1 Å². The van der Waals surface area contributed by atoms with Crippen molar-refractivity contribution in [1.29, 1.82) is 0 Å². The number of nitrogens with one attached hydrogen (secondary N) is 1. The molecule has 2 N–H and O–H groups in total. The summed E-state index contributed by atoms with van der Waals surface area (Å²) in [4.78, 5) is 13.7. The molecule has 8 heteroatoms. The van der Waals surface area contributed by atoms with Crippen molar-refractivity contribution in [3.63, 3.8) is 0 Å². The van der Waals surface area contributed by atoms with Gasteiger partial charge in [-0.1, -0.05) is 17.7 Å². The fourth-order valence-electron chi connectivity index (χ4n) is 2.00. The van der Waals surface area contributed by atoms with Crippen molar-refractivity contribution in [3.05, 3.63) is 39.5 Å². The van der Waals surface area contributed by atoms with Gasteiger partial charge in [0.1, 0.15) is 5.70 Å². The van der Waals surface area contributed by atoms with Crippen LogP contribution in [0.3, 0.4) is 0 Å². The number of thiocarbonyl (C=S) groups is 1. The zero-order valence-electron chi connectivity index (χ0n) is 12.2. The maximum absolute atomic E-state index is 12.3. The molecule has 2 rings (SSSR count). The summed E-state index contributed by atoms with van der Waals surface area (Å²) < 4.78 is 5.66. The monoisotopic (exact) mass is 416 g/mol. The predicted molar refractivity (Wildman–Crippen MR) is 97.6 cm³/mol. The highest BCUT2D eigenvalue weighted by Gasteiger charge is 2.30. The molecule has 0 aromatic heterocycles. The van der Waals surface area contributed by atoms with Gasteiger partial charge in [-0.05, 0) is 47.2 Å². The first-order valence-electron chi connectivity index (χ1n) is 6.69. The standard InChI is InChI=1S/C15H14BrClN2O3S/c1-3-5-19-14(21)9(18-15(19)23)6-8-7-10(22-4-2)13(20)11(16)12(8)17/h3,6-7,20H,1,4-5H2,2H3,(H,18,23). The van der Waals surface area contributed by atoms with Crippen LogP contribution in [0.1, 0.15) is 12.5 Å². The van der Waals surface area contributed by atoms with E-state index in [0.29, 0.717) is 34.0 Å². The number of amides is 1. The smallest absolute Gasteiger partial charge is 0.276 e. The lowest BCUT2D eigenvalue weighted by molar-refractivity contribution is -0.122. The molecule has 1 saturated heterocycles. The zero-order valence-corrected chi connectivity index (χ0v) is 15.4. The molecular weight excluding hydrogens is 404 g/mol. The number of rotatable bonds is 5. The first kappa shape index (κ1) is 17.8. The second-order valence-corrected chi connectivity index (χ2v) is 6.12. The second kappa shape index (κ2) is 7.33. The van der Waals surface area contributed by atoms with Crippen LogP contribution >= 0.6 is 39.7 Å². The number of carbonyl (C=O) groups excluding carboxylic acids is 1. The SMILES string of the molecule is C=CCN1C(=O)C(=Cc2cc(OCC)c(O)c(Br)c2Cl)NC1=S. The maximum atomic E-state index is 12.3. The Bertz CT molecular complexity index is 721. The van der Waals surface area contributed by atoms with Crippen LogP contribution in [-0.4, -0.2) is 34.2 Å². The van der Waals surface area contributed by atoms with Gasteiger partial charge in [-0.3, -0.25) is 9.69 Å². The molecule has 1 aromatic carbocycles. The van der Waals surface area contributed by atoms with Crippen LogP contribution in [0, 0.1) is 0 Å². The van der Waals surface area contributed by atoms with Gasteiger partial charge >= 0.3 is 0 Å². The Labute approximate surface area is 152 Å². The lowest BCUT2D eigenvalue weighted by Crippen LogP contribution is -2.30. The fraction of sp³-hybridized carbons (Fsp3) is 0.200. The van der Waals surface area contributed by atoms with E-state index in [1.807, 2.05) is 0 Å². The lowest BCUT2D eigenvalue weighted by Gasteiger charge is -2.11. The molecular formula is C15H14BrClN2O3S. The van der Waals surface area contributed by atoms with E-state index in [4.69, 9.17) is 28.6 Å². The zero-order chi connectivity index (χ0) is 17.1. The number of phenolic OH excluding ortho intramolecular Hbond substituents is 1. The van der Waals surface area contributed by atoms with Gasteiger partial charge in [-0.25, -0.2) is 0 Å². The van der Waals surface area contributed by atoms with Crippen LogP contribution in [-0.2, 0) is 4.79 Å². The molecule has 0 aliphatic carbocycles. The molecule has 1 fully saturated rings. The Kier molecular flexibility index (Phi) is 5.67. The van der Waals surface area contributed by atoms with Crippen molar-refractivity contribution in [2.75, 3.05) is 13.2 Å². The van der Waals surface area contributed by atoms with Crippen LogP contribution in [0.4, 0.5) is 0 Å². The number of benzene rings is 1. The average Bonchev–Trinajstić information content (AvgIpc) is 2.78. The summed E-state index contributed by atoms with van der Waals surface area (Å²) in [7, 11) is 0. The number of aromatic hydroxyl groups is 1. The topological polar surface area (TPSA) is 61.8 Å². The minimum Gasteiger partial charge on any atom is -0.503 e. The van der Waals surface area contributed by atoms with Crippen LogP contribution in [0.2, 0.25) is 5.02 Å². The molecule has 122 valence electrons. The van der Waals surface area contributed by atoms with Crippen LogP contribution in [0.5, 0.6) is 11.5 Å². The van der Waals surface area contributed by atoms with Gasteiger partial charge in [0.2, 0.25) is 0 Å². The van der Waals surface area contributed by atoms with Crippen LogP contribution in [0.15, 0.2) is 28.9 Å². The molecule has 0 unspecified atom stereocenters. The molecule has 1 aliphatic rings. The van der Waals surface area contributed by atoms with Gasteiger partial charge in [0.15, 0.2) is 16.6 Å². The molecule has 1 aliphatic heterocycles. The van der Waals surface area contributed by atoms with E-state index in [2.05, 4.69) is 27.8 Å². The van der Waals surface area contributed by atoms with Crippen molar-refractivity contribution in [3.8, 4) is 11.5 Å². The van der Waals surface area contributed by atoms with Gasteiger partial charge in [-0.15, -0.1) is 6.58 Å².